The van der Waals surface area contributed by atoms with Gasteiger partial charge >= 0.3 is 0 Å². The molecule has 2 aromatic rings. The smallest absolute Gasteiger partial charge is 0.243 e. The maximum absolute atomic E-state index is 8.52. The van der Waals surface area contributed by atoms with Gasteiger partial charge in [0.2, 0.25) is 23.8 Å². The Balaban J connectivity index is 0.000000280. The molecule has 14 heteroatoms. The largest absolute Gasteiger partial charge is 0.368 e. The summed E-state index contributed by atoms with van der Waals surface area (Å²) in [6, 6.07) is 6.82. The monoisotopic (exact) mass is 378 g/mol. The van der Waals surface area contributed by atoms with Crippen LogP contribution in [0.2, 0.25) is 0 Å². The summed E-state index contributed by atoms with van der Waals surface area (Å²) in [6.07, 6.45) is 2.51. The van der Waals surface area contributed by atoms with Crippen LogP contribution in [0.15, 0.2) is 17.3 Å². The minimum atomic E-state index is -0.0759. The van der Waals surface area contributed by atoms with Crippen molar-refractivity contribution < 1.29 is 0 Å². The van der Waals surface area contributed by atoms with E-state index in [2.05, 4.69) is 41.3 Å². The summed E-state index contributed by atoms with van der Waals surface area (Å²) in [6.45, 7) is 0. The summed E-state index contributed by atoms with van der Waals surface area (Å²) in [4.78, 5) is 3.92. The lowest BCUT2D eigenvalue weighted by Gasteiger charge is -1.99. The number of H-pyrrole nitrogens is 1. The van der Waals surface area contributed by atoms with Gasteiger partial charge < -0.3 is 21.7 Å². The van der Waals surface area contributed by atoms with Crippen molar-refractivity contribution >= 4 is 30.0 Å². The fourth-order valence-corrected chi connectivity index (χ4v) is 1.48. The molecule has 6 N–H and O–H groups in total. The van der Waals surface area contributed by atoms with Gasteiger partial charge in [-0.05, 0) is 0 Å². The molecule has 0 saturated heterocycles. The summed E-state index contributed by atoms with van der Waals surface area (Å²) in [5, 5.41) is 55.5. The zero-order valence-electron chi connectivity index (χ0n) is 14.8. The number of anilines is 4. The third kappa shape index (κ3) is 5.77. The lowest BCUT2D eigenvalue weighted by Crippen LogP contribution is -2.01. The number of aromatic amines is 1. The van der Waals surface area contributed by atoms with E-state index in [1.807, 2.05) is 0 Å². The van der Waals surface area contributed by atoms with Crippen molar-refractivity contribution in [3.8, 4) is 24.3 Å². The lowest BCUT2D eigenvalue weighted by molar-refractivity contribution is 1.09. The van der Waals surface area contributed by atoms with Crippen molar-refractivity contribution in [3.05, 3.63) is 17.3 Å². The normalized spacial score (nSPS) is 8.36. The van der Waals surface area contributed by atoms with Gasteiger partial charge in [-0.15, -0.1) is 15.3 Å². The summed E-state index contributed by atoms with van der Waals surface area (Å²) in [7, 11) is 3.31. The number of allylic oxidation sites excluding steroid dienone is 2. The minimum absolute atomic E-state index is 0.0348. The number of nitrogens with zero attached hydrogens (tertiary/aromatic N) is 9. The van der Waals surface area contributed by atoms with E-state index >= 15 is 0 Å². The molecule has 14 nitrogen and oxygen atoms in total. The van der Waals surface area contributed by atoms with Gasteiger partial charge in [0.25, 0.3) is 0 Å². The van der Waals surface area contributed by atoms with Gasteiger partial charge in [-0.1, -0.05) is 0 Å². The zero-order valence-corrected chi connectivity index (χ0v) is 14.8. The number of nitrogens with one attached hydrogen (secondary N) is 4. The Labute approximate surface area is 159 Å². The molecule has 28 heavy (non-hydrogen) atoms. The Morgan fingerprint density at radius 1 is 1.04 bits per heavy atom. The van der Waals surface area contributed by atoms with Gasteiger partial charge in [-0.25, -0.2) is 5.10 Å². The molecule has 0 aliphatic rings. The second-order valence-corrected chi connectivity index (χ2v) is 4.45. The Bertz CT molecular complexity index is 994. The highest BCUT2D eigenvalue weighted by Crippen LogP contribution is 2.10. The van der Waals surface area contributed by atoms with Crippen molar-refractivity contribution in [2.75, 3.05) is 35.8 Å². The predicted molar refractivity (Wildman–Crippen MR) is 98.3 cm³/mol. The van der Waals surface area contributed by atoms with Gasteiger partial charge in [0, 0.05) is 26.5 Å². The van der Waals surface area contributed by atoms with Crippen LogP contribution in [0.1, 0.15) is 0 Å². The van der Waals surface area contributed by atoms with Gasteiger partial charge in [0.1, 0.15) is 35.4 Å². The first-order valence-electron chi connectivity index (χ1n) is 7.30. The molecule has 0 bridgehead atoms. The van der Waals surface area contributed by atoms with Crippen LogP contribution in [0, 0.1) is 45.3 Å². The molecule has 0 unspecified atom stereocenters. The molecule has 140 valence electrons. The fraction of sp³-hybridized carbons (Fsp3) is 0.143. The van der Waals surface area contributed by atoms with Crippen molar-refractivity contribution in [1.29, 1.82) is 21.0 Å². The highest BCUT2D eigenvalue weighted by molar-refractivity contribution is 5.56. The van der Waals surface area contributed by atoms with Crippen LogP contribution in [-0.2, 0) is 0 Å². The maximum Gasteiger partial charge on any atom is 0.243 e. The van der Waals surface area contributed by atoms with Gasteiger partial charge in [-0.2, -0.15) is 26.0 Å². The quantitative estimate of drug-likeness (QED) is 0.432. The first kappa shape index (κ1) is 21.0. The van der Waals surface area contributed by atoms with Gasteiger partial charge in [-0.3, -0.25) is 4.57 Å². The molecule has 0 amide bonds. The topological polar surface area (TPSA) is 230 Å². The maximum atomic E-state index is 8.52. The standard InChI is InChI=1S/2C7H7N7/c1-11-7-13-12-6(10)14(7)4-5(2-8)3-9;1-10-6-12-7(14-13-6)11-4-5(2-8)3-9/h4H,1H3,(H2,10,12)(H,11,13);4H,1H3,(H3,10,11,12,13,14). The molecule has 0 fully saturated rings. The van der Waals surface area contributed by atoms with E-state index in [0.29, 0.717) is 17.8 Å². The Hall–Kier alpha value is -5.08. The van der Waals surface area contributed by atoms with Crippen molar-refractivity contribution in [3.63, 3.8) is 0 Å². The highest BCUT2D eigenvalue weighted by Gasteiger charge is 2.06. The number of nitrogens with two attached hydrogens (primary N) is 1. The van der Waals surface area contributed by atoms with E-state index in [1.165, 1.54) is 17.0 Å². The Morgan fingerprint density at radius 3 is 2.18 bits per heavy atom. The molecule has 0 saturated carbocycles. The van der Waals surface area contributed by atoms with Crippen LogP contribution in [-0.4, -0.2) is 44.0 Å². The number of rotatable bonds is 5. The first-order chi connectivity index (χ1) is 13.5. The number of hydrogen-bond donors (Lipinski definition) is 5. The molecule has 0 aliphatic heterocycles. The zero-order chi connectivity index (χ0) is 20.9. The number of nitriles is 4. The van der Waals surface area contributed by atoms with Crippen LogP contribution in [0.4, 0.5) is 23.8 Å². The van der Waals surface area contributed by atoms with Gasteiger partial charge in [0.15, 0.2) is 0 Å². The first-order valence-corrected chi connectivity index (χ1v) is 7.30. The number of aromatic nitrogens is 6. The van der Waals surface area contributed by atoms with Crippen LogP contribution < -0.4 is 21.7 Å². The summed E-state index contributed by atoms with van der Waals surface area (Å²) >= 11 is 0. The van der Waals surface area contributed by atoms with E-state index in [-0.39, 0.29) is 17.1 Å². The average Bonchev–Trinajstić information content (AvgIpc) is 3.33. The van der Waals surface area contributed by atoms with E-state index < -0.39 is 0 Å². The van der Waals surface area contributed by atoms with Gasteiger partial charge in [0.05, 0.1) is 0 Å². The molecule has 0 spiro atoms. The van der Waals surface area contributed by atoms with Crippen molar-refractivity contribution in [2.45, 2.75) is 0 Å². The predicted octanol–water partition coefficient (Wildman–Crippen LogP) is -0.0206. The van der Waals surface area contributed by atoms with Crippen LogP contribution >= 0.6 is 0 Å². The summed E-state index contributed by atoms with van der Waals surface area (Å²) < 4.78 is 1.32. The minimum Gasteiger partial charge on any atom is -0.368 e. The molecule has 2 aromatic heterocycles. The molecule has 2 rings (SSSR count). The average molecular weight is 378 g/mol. The summed E-state index contributed by atoms with van der Waals surface area (Å²) in [5.74, 6) is 1.26. The SMILES string of the molecule is CNc1n[nH]c(NC=C(C#N)C#N)n1.CNc1nnc(N)n1C=C(C#N)C#N. The van der Waals surface area contributed by atoms with E-state index in [0.717, 1.165) is 0 Å². The fourth-order valence-electron chi connectivity index (χ4n) is 1.48. The third-order valence-electron chi connectivity index (χ3n) is 2.75. The van der Waals surface area contributed by atoms with Crippen LogP contribution in [0.25, 0.3) is 6.20 Å². The van der Waals surface area contributed by atoms with Crippen molar-refractivity contribution in [2.24, 2.45) is 0 Å². The second kappa shape index (κ2) is 10.7. The second-order valence-electron chi connectivity index (χ2n) is 4.45. The molecule has 0 radical (unpaired) electrons. The molecule has 2 heterocycles. The third-order valence-corrected chi connectivity index (χ3v) is 2.75. The number of nitrogen functional groups attached to an aromatic ring is 1. The Kier molecular flexibility index (Phi) is 8.02. The van der Waals surface area contributed by atoms with E-state index in [1.54, 1.807) is 38.4 Å². The van der Waals surface area contributed by atoms with Crippen LogP contribution in [0.5, 0.6) is 0 Å². The summed E-state index contributed by atoms with van der Waals surface area (Å²) in [5.41, 5.74) is 5.35. The van der Waals surface area contributed by atoms with E-state index in [9.17, 15) is 0 Å². The Morgan fingerprint density at radius 2 is 1.68 bits per heavy atom. The van der Waals surface area contributed by atoms with E-state index in [4.69, 9.17) is 26.8 Å². The highest BCUT2D eigenvalue weighted by atomic mass is 15.4. The molecule has 0 atom stereocenters. The van der Waals surface area contributed by atoms with Crippen molar-refractivity contribution in [1.82, 2.24) is 29.9 Å². The lowest BCUT2D eigenvalue weighted by atomic mass is 10.3. The molecular formula is C14H14N14. The number of hydrogen-bond acceptors (Lipinski definition) is 12. The molecule has 0 aromatic carbocycles. The molecule has 0 aliphatic carbocycles. The van der Waals surface area contributed by atoms with Crippen LogP contribution in [0.3, 0.4) is 0 Å². The molecular weight excluding hydrogens is 364 g/mol.